The van der Waals surface area contributed by atoms with Crippen molar-refractivity contribution in [3.05, 3.63) is 52.6 Å². The maximum absolute atomic E-state index is 15.1. The summed E-state index contributed by atoms with van der Waals surface area (Å²) in [6, 6.07) is 7.50. The largest absolute Gasteiger partial charge is 0.480 e. The molecule has 1 unspecified atom stereocenters. The van der Waals surface area contributed by atoms with Gasteiger partial charge in [-0.1, -0.05) is 44.9 Å². The summed E-state index contributed by atoms with van der Waals surface area (Å²) in [5, 5.41) is 10.2. The van der Waals surface area contributed by atoms with Crippen molar-refractivity contribution in [1.82, 2.24) is 24.2 Å². The van der Waals surface area contributed by atoms with Gasteiger partial charge in [0.15, 0.2) is 17.5 Å². The zero-order valence-corrected chi connectivity index (χ0v) is 28.8. The predicted molar refractivity (Wildman–Crippen MR) is 181 cm³/mol. The van der Waals surface area contributed by atoms with Crippen LogP contribution in [0.4, 0.5) is 5.95 Å². The van der Waals surface area contributed by atoms with E-state index in [2.05, 4.69) is 28.8 Å². The number of nitrogen functional groups attached to an aromatic ring is 1. The predicted octanol–water partition coefficient (Wildman–Crippen LogP) is 5.67. The standard InChI is InChI=1S/C33H47N6O8P/c1-4-11-24(12-5-2)18-39(23(3)31(41)42)48(43,47-26-13-7-6-8-14-26)46-21-33(20-45-27-15-9-10-16-44-27)17-25(33)19-38-22-35-28-29(38)36-32(34)37-30(28)40/h6-8,13-14,19,22-24,27H,4-5,9-12,15-18,20-21H2,1-3H3,(H,41,42)(H3,34,36,37,40)/b25-19-/t23-,27?,33-,48-/m0/s1. The van der Waals surface area contributed by atoms with Gasteiger partial charge in [-0.05, 0) is 69.1 Å². The van der Waals surface area contributed by atoms with Crippen molar-refractivity contribution in [3.63, 3.8) is 0 Å². The molecule has 3 aromatic rings. The lowest BCUT2D eigenvalue weighted by Crippen LogP contribution is -2.41. The summed E-state index contributed by atoms with van der Waals surface area (Å²) >= 11 is 0. The van der Waals surface area contributed by atoms with Crippen molar-refractivity contribution in [2.24, 2.45) is 11.3 Å². The van der Waals surface area contributed by atoms with E-state index in [0.717, 1.165) is 50.5 Å². The first kappa shape index (κ1) is 35.7. The van der Waals surface area contributed by atoms with Crippen LogP contribution in [0.5, 0.6) is 5.75 Å². The van der Waals surface area contributed by atoms with E-state index in [-0.39, 0.29) is 43.4 Å². The summed E-state index contributed by atoms with van der Waals surface area (Å²) in [5.41, 5.74) is 5.92. The van der Waals surface area contributed by atoms with Crippen molar-refractivity contribution in [2.75, 3.05) is 32.1 Å². The first-order valence-electron chi connectivity index (χ1n) is 16.7. The number of hydrogen-bond acceptors (Lipinski definition) is 10. The Morgan fingerprint density at radius 3 is 2.67 bits per heavy atom. The minimum atomic E-state index is -4.28. The Morgan fingerprint density at radius 1 is 1.25 bits per heavy atom. The second kappa shape index (κ2) is 15.8. The number of aromatic nitrogens is 4. The Morgan fingerprint density at radius 2 is 2.00 bits per heavy atom. The highest BCUT2D eigenvalue weighted by Gasteiger charge is 2.53. The van der Waals surface area contributed by atoms with Gasteiger partial charge in [0.1, 0.15) is 18.1 Å². The van der Waals surface area contributed by atoms with Crippen molar-refractivity contribution < 1.29 is 33.0 Å². The third-order valence-electron chi connectivity index (χ3n) is 8.94. The number of para-hydroxylation sites is 1. The van der Waals surface area contributed by atoms with Crippen molar-refractivity contribution in [2.45, 2.75) is 84.5 Å². The summed E-state index contributed by atoms with van der Waals surface area (Å²) in [6.07, 6.45) is 9.60. The molecular weight excluding hydrogens is 639 g/mol. The molecule has 2 aromatic heterocycles. The van der Waals surface area contributed by atoms with Crippen LogP contribution < -0.4 is 15.8 Å². The molecule has 4 atom stereocenters. The fourth-order valence-corrected chi connectivity index (χ4v) is 8.17. The summed E-state index contributed by atoms with van der Waals surface area (Å²) in [7, 11) is -4.28. The van der Waals surface area contributed by atoms with Crippen LogP contribution in [-0.2, 0) is 23.4 Å². The zero-order chi connectivity index (χ0) is 34.3. The molecule has 0 amide bonds. The maximum atomic E-state index is 15.1. The molecule has 4 N–H and O–H groups in total. The van der Waals surface area contributed by atoms with Crippen molar-refractivity contribution >= 4 is 37.0 Å². The van der Waals surface area contributed by atoms with Gasteiger partial charge in [-0.2, -0.15) is 9.65 Å². The Bertz CT molecular complexity index is 1670. The lowest BCUT2D eigenvalue weighted by molar-refractivity contribution is -0.171. The Hall–Kier alpha value is -3.55. The van der Waals surface area contributed by atoms with E-state index >= 15 is 4.57 Å². The van der Waals surface area contributed by atoms with Gasteiger partial charge in [0, 0.05) is 24.8 Å². The van der Waals surface area contributed by atoms with Crippen molar-refractivity contribution in [3.8, 4) is 5.75 Å². The average Bonchev–Trinajstić information content (AvgIpc) is 3.60. The monoisotopic (exact) mass is 686 g/mol. The Kier molecular flexibility index (Phi) is 11.7. The highest BCUT2D eigenvalue weighted by molar-refractivity contribution is 7.51. The molecule has 1 aliphatic carbocycles. The topological polar surface area (TPSA) is 184 Å². The number of carboxylic acids is 1. The molecule has 0 bridgehead atoms. The molecule has 15 heteroatoms. The number of nitrogens with two attached hydrogens (primary N) is 1. The number of nitrogens with one attached hydrogen (secondary N) is 1. The molecule has 1 aliphatic heterocycles. The third-order valence-corrected chi connectivity index (χ3v) is 11.0. The molecule has 1 saturated carbocycles. The molecule has 2 fully saturated rings. The van der Waals surface area contributed by atoms with Crippen LogP contribution in [0.1, 0.15) is 72.1 Å². The summed E-state index contributed by atoms with van der Waals surface area (Å²) in [5.74, 6) is -0.771. The first-order valence-corrected chi connectivity index (χ1v) is 18.2. The lowest BCUT2D eigenvalue weighted by atomic mass is 9.98. The number of nitrogens with zero attached hydrogens (tertiary/aromatic N) is 4. The van der Waals surface area contributed by atoms with E-state index in [1.807, 2.05) is 6.07 Å². The van der Waals surface area contributed by atoms with E-state index in [4.69, 9.17) is 24.3 Å². The Balaban J connectivity index is 1.49. The van der Waals surface area contributed by atoms with Gasteiger partial charge in [-0.3, -0.25) is 23.7 Å². The minimum absolute atomic E-state index is 0.0353. The zero-order valence-electron chi connectivity index (χ0n) is 27.9. The number of fused-ring (bicyclic) bond motifs is 1. The second-order valence-electron chi connectivity index (χ2n) is 12.7. The normalized spacial score (nSPS) is 22.3. The van der Waals surface area contributed by atoms with E-state index in [1.165, 1.54) is 17.9 Å². The van der Waals surface area contributed by atoms with E-state index in [9.17, 15) is 14.7 Å². The summed E-state index contributed by atoms with van der Waals surface area (Å²) in [6.45, 7) is 6.60. The molecule has 0 spiro atoms. The van der Waals surface area contributed by atoms with Crippen molar-refractivity contribution in [1.29, 1.82) is 0 Å². The highest BCUT2D eigenvalue weighted by Crippen LogP contribution is 2.60. The number of carbonyl (C=O) groups is 1. The van der Waals surface area contributed by atoms with Crippen LogP contribution in [0.25, 0.3) is 17.4 Å². The smallest absolute Gasteiger partial charge is 0.462 e. The molecular formula is C33H47N6O8P. The van der Waals surface area contributed by atoms with Gasteiger partial charge in [-0.25, -0.2) is 9.55 Å². The third kappa shape index (κ3) is 8.53. The SMILES string of the molecule is CCCC(CCC)CN([C@@H](C)C(=O)O)[P@](=O)(OC[C@@]1(COC2CCCCO2)C/C1=C/n1cnc2c(=O)[nH]c(N)nc21)Oc1ccccc1. The molecule has 262 valence electrons. The molecule has 1 aromatic carbocycles. The number of benzene rings is 1. The number of H-pyrrole nitrogens is 1. The quantitative estimate of drug-likeness (QED) is 0.140. The van der Waals surface area contributed by atoms with Gasteiger partial charge in [-0.15, -0.1) is 0 Å². The van der Waals surface area contributed by atoms with E-state index in [1.54, 1.807) is 35.0 Å². The van der Waals surface area contributed by atoms with Gasteiger partial charge >= 0.3 is 13.7 Å². The fraction of sp³-hybridized carbons (Fsp3) is 0.576. The molecule has 1 saturated heterocycles. The Labute approximate surface area is 280 Å². The van der Waals surface area contributed by atoms with E-state index < -0.39 is 30.7 Å². The summed E-state index contributed by atoms with van der Waals surface area (Å²) < 4.78 is 42.7. The molecule has 5 rings (SSSR count). The van der Waals surface area contributed by atoms with Gasteiger partial charge in [0.25, 0.3) is 5.56 Å². The lowest BCUT2D eigenvalue weighted by Gasteiger charge is -2.36. The molecule has 2 aliphatic rings. The van der Waals surface area contributed by atoms with Crippen LogP contribution >= 0.6 is 7.75 Å². The second-order valence-corrected chi connectivity index (χ2v) is 14.6. The molecule has 48 heavy (non-hydrogen) atoms. The van der Waals surface area contributed by atoms with Crippen LogP contribution in [-0.4, -0.2) is 74.0 Å². The maximum Gasteiger partial charge on any atom is 0.462 e. The molecule has 14 nitrogen and oxygen atoms in total. The van der Waals surface area contributed by atoms with Crippen LogP contribution in [0, 0.1) is 11.3 Å². The molecule has 3 heterocycles. The van der Waals surface area contributed by atoms with Crippen LogP contribution in [0.15, 0.2) is 47.0 Å². The first-order chi connectivity index (χ1) is 23.1. The number of rotatable bonds is 18. The fourth-order valence-electron chi connectivity index (χ4n) is 6.11. The number of carboxylic acid groups (broad SMARTS) is 1. The number of aromatic amines is 1. The molecule has 0 radical (unpaired) electrons. The minimum Gasteiger partial charge on any atom is -0.480 e. The number of aliphatic carboxylic acids is 1. The van der Waals surface area contributed by atoms with Gasteiger partial charge < -0.3 is 24.8 Å². The number of hydrogen-bond donors (Lipinski definition) is 3. The number of anilines is 1. The average molecular weight is 687 g/mol. The van der Waals surface area contributed by atoms with E-state index in [0.29, 0.717) is 24.4 Å². The summed E-state index contributed by atoms with van der Waals surface area (Å²) in [4.78, 5) is 35.8. The number of ether oxygens (including phenoxy) is 2. The number of imidazole rings is 1. The highest BCUT2D eigenvalue weighted by atomic mass is 31.2. The van der Waals surface area contributed by atoms with Gasteiger partial charge in [0.05, 0.1) is 13.2 Å². The van der Waals surface area contributed by atoms with Crippen LogP contribution in [0.3, 0.4) is 0 Å². The van der Waals surface area contributed by atoms with Gasteiger partial charge in [0.2, 0.25) is 5.95 Å². The van der Waals surface area contributed by atoms with Crippen LogP contribution in [0.2, 0.25) is 0 Å².